The molecule has 0 saturated heterocycles. The van der Waals surface area contributed by atoms with Gasteiger partial charge in [0.1, 0.15) is 43.2 Å². The molecule has 0 amide bonds. The molecule has 1 saturated carbocycles. The number of phosphoric acid groups is 2. The second-order valence-corrected chi connectivity index (χ2v) is 20.1. The summed E-state index contributed by atoms with van der Waals surface area (Å²) >= 11 is 0. The highest BCUT2D eigenvalue weighted by molar-refractivity contribution is 7.47. The third kappa shape index (κ3) is 31.6. The van der Waals surface area contributed by atoms with Crippen molar-refractivity contribution in [1.29, 1.82) is 0 Å². The summed E-state index contributed by atoms with van der Waals surface area (Å²) in [6, 6.07) is 0. The SMILES string of the molecule is CCCCCCCCCCCCCCCCCC(=O)OCC(COP(=O)(O)OC1[C@H](O)[C@H](O)C(OP(=O)(O)O)[C@H](O)[C@H]1O)OC(=O)CCCCCCCCCCCCCCCCC. The largest absolute Gasteiger partial charge is 0.472 e. The summed E-state index contributed by atoms with van der Waals surface area (Å²) in [6.07, 6.45) is 20.6. The van der Waals surface area contributed by atoms with Crippen molar-refractivity contribution >= 4 is 27.6 Å². The monoisotopic (exact) mass is 947 g/mol. The zero-order valence-corrected chi connectivity index (χ0v) is 40.6. The first-order chi connectivity index (χ1) is 30.1. The summed E-state index contributed by atoms with van der Waals surface area (Å²) in [5, 5.41) is 41.5. The third-order valence-corrected chi connectivity index (χ3v) is 13.2. The molecule has 0 heterocycles. The van der Waals surface area contributed by atoms with Gasteiger partial charge in [-0.2, -0.15) is 0 Å². The van der Waals surface area contributed by atoms with E-state index in [0.29, 0.717) is 12.8 Å². The van der Waals surface area contributed by atoms with Crippen molar-refractivity contribution in [3.8, 4) is 0 Å². The van der Waals surface area contributed by atoms with E-state index in [9.17, 15) is 44.0 Å². The van der Waals surface area contributed by atoms with Crippen LogP contribution in [-0.2, 0) is 41.8 Å². The quantitative estimate of drug-likeness (QED) is 0.0171. The van der Waals surface area contributed by atoms with Crippen LogP contribution in [0.5, 0.6) is 0 Å². The number of unbranched alkanes of at least 4 members (excludes halogenated alkanes) is 28. The summed E-state index contributed by atoms with van der Waals surface area (Å²) in [7, 11) is -10.6. The highest BCUT2D eigenvalue weighted by Gasteiger charge is 2.54. The molecule has 8 atom stereocenters. The summed E-state index contributed by atoms with van der Waals surface area (Å²) < 4.78 is 49.2. The van der Waals surface area contributed by atoms with Gasteiger partial charge in [0.2, 0.25) is 0 Å². The fourth-order valence-electron chi connectivity index (χ4n) is 7.85. The van der Waals surface area contributed by atoms with Crippen LogP contribution in [0.1, 0.15) is 219 Å². The highest BCUT2D eigenvalue weighted by atomic mass is 31.2. The number of hydrogen-bond donors (Lipinski definition) is 7. The zero-order chi connectivity index (χ0) is 46.8. The molecule has 16 nitrogen and oxygen atoms in total. The lowest BCUT2D eigenvalue weighted by atomic mass is 9.85. The number of aliphatic hydroxyl groups is 4. The molecule has 0 spiro atoms. The van der Waals surface area contributed by atoms with E-state index >= 15 is 0 Å². The summed E-state index contributed by atoms with van der Waals surface area (Å²) in [5.74, 6) is -1.18. The summed E-state index contributed by atoms with van der Waals surface area (Å²) in [5.41, 5.74) is 0. The summed E-state index contributed by atoms with van der Waals surface area (Å²) in [4.78, 5) is 54.1. The van der Waals surface area contributed by atoms with Crippen LogP contribution >= 0.6 is 15.6 Å². The molecule has 1 aliphatic carbocycles. The predicted octanol–water partition coefficient (Wildman–Crippen LogP) is 9.40. The van der Waals surface area contributed by atoms with Crippen molar-refractivity contribution in [2.45, 2.75) is 262 Å². The Balaban J connectivity index is 2.54. The smallest absolute Gasteiger partial charge is 0.462 e. The number of aliphatic hydroxyl groups excluding tert-OH is 4. The van der Waals surface area contributed by atoms with Gasteiger partial charge in [-0.15, -0.1) is 0 Å². The minimum atomic E-state index is -5.30. The van der Waals surface area contributed by atoms with E-state index in [1.807, 2.05) is 0 Å². The van der Waals surface area contributed by atoms with Gasteiger partial charge in [-0.25, -0.2) is 9.13 Å². The Labute approximate surface area is 378 Å². The number of carbonyl (C=O) groups is 2. The maximum absolute atomic E-state index is 12.9. The topological polar surface area (TPSA) is 256 Å². The molecule has 4 unspecified atom stereocenters. The Morgan fingerprint density at radius 2 is 0.746 bits per heavy atom. The van der Waals surface area contributed by atoms with Crippen LogP contribution in [0.25, 0.3) is 0 Å². The maximum Gasteiger partial charge on any atom is 0.472 e. The van der Waals surface area contributed by atoms with E-state index < -0.39 is 83.5 Å². The van der Waals surface area contributed by atoms with Gasteiger partial charge in [0.25, 0.3) is 0 Å². The van der Waals surface area contributed by atoms with Gasteiger partial charge in [0.15, 0.2) is 6.10 Å². The molecule has 0 aliphatic heterocycles. The molecule has 63 heavy (non-hydrogen) atoms. The number of esters is 2. The van der Waals surface area contributed by atoms with Crippen LogP contribution in [0.4, 0.5) is 0 Å². The third-order valence-electron chi connectivity index (χ3n) is 11.7. The van der Waals surface area contributed by atoms with Crippen LogP contribution in [0, 0.1) is 0 Å². The highest BCUT2D eigenvalue weighted by Crippen LogP contribution is 2.48. The Hall–Kier alpha value is -1.00. The molecule has 0 aromatic rings. The lowest BCUT2D eigenvalue weighted by Gasteiger charge is -2.43. The average Bonchev–Trinajstić information content (AvgIpc) is 3.23. The number of ether oxygens (including phenoxy) is 2. The van der Waals surface area contributed by atoms with Crippen molar-refractivity contribution < 1.29 is 76.9 Å². The van der Waals surface area contributed by atoms with Crippen molar-refractivity contribution in [2.24, 2.45) is 0 Å². The second-order valence-electron chi connectivity index (χ2n) is 17.6. The Morgan fingerprint density at radius 1 is 0.444 bits per heavy atom. The van der Waals surface area contributed by atoms with Crippen LogP contribution in [-0.4, -0.2) is 103 Å². The van der Waals surface area contributed by atoms with Crippen molar-refractivity contribution in [1.82, 2.24) is 0 Å². The van der Waals surface area contributed by atoms with Gasteiger partial charge in [-0.05, 0) is 12.8 Å². The van der Waals surface area contributed by atoms with E-state index in [-0.39, 0.29) is 12.8 Å². The number of rotatable bonds is 42. The lowest BCUT2D eigenvalue weighted by molar-refractivity contribution is -0.216. The number of carbonyl (C=O) groups excluding carboxylic acids is 2. The molecule has 0 aromatic heterocycles. The average molecular weight is 947 g/mol. The van der Waals surface area contributed by atoms with Crippen LogP contribution < -0.4 is 0 Å². The standard InChI is InChI=1S/C45H88O16P2/c1-3-5-7-9-11-13-15-17-19-21-23-25-27-29-31-33-38(46)57-35-37(59-39(47)34-32-30-28-26-24-22-20-18-16-14-12-10-8-6-4-2)36-58-63(55,56)61-45-42(50)40(48)44(41(49)43(45)51)60-62(52,53)54/h37,40-45,48-51H,3-36H2,1-2H3,(H,55,56)(H2,52,53,54)/t37?,40-,41+,42-,43-,44?,45?/m1/s1. The zero-order valence-electron chi connectivity index (χ0n) is 38.8. The lowest BCUT2D eigenvalue weighted by Crippen LogP contribution is -2.64. The molecule has 1 rings (SSSR count). The molecule has 18 heteroatoms. The molecule has 7 N–H and O–H groups in total. The number of hydrogen-bond acceptors (Lipinski definition) is 13. The summed E-state index contributed by atoms with van der Waals surface area (Å²) in [6.45, 7) is 3.17. The fraction of sp³-hybridized carbons (Fsp3) is 0.956. The van der Waals surface area contributed by atoms with Gasteiger partial charge in [-0.1, -0.05) is 194 Å². The van der Waals surface area contributed by atoms with Gasteiger partial charge < -0.3 is 44.6 Å². The van der Waals surface area contributed by atoms with Gasteiger partial charge >= 0.3 is 27.6 Å². The van der Waals surface area contributed by atoms with E-state index in [2.05, 4.69) is 18.4 Å². The normalized spacial score (nSPS) is 21.9. The van der Waals surface area contributed by atoms with Crippen LogP contribution in [0.3, 0.4) is 0 Å². The molecule has 0 aromatic carbocycles. The van der Waals surface area contributed by atoms with Crippen LogP contribution in [0.2, 0.25) is 0 Å². The van der Waals surface area contributed by atoms with E-state index in [1.54, 1.807) is 0 Å². The Morgan fingerprint density at radius 3 is 1.08 bits per heavy atom. The van der Waals surface area contributed by atoms with Gasteiger partial charge in [0.05, 0.1) is 6.61 Å². The number of phosphoric ester groups is 2. The molecule has 0 radical (unpaired) electrons. The minimum Gasteiger partial charge on any atom is -0.462 e. The minimum absolute atomic E-state index is 0.0587. The maximum atomic E-state index is 12.9. The molecule has 0 bridgehead atoms. The molecular weight excluding hydrogens is 858 g/mol. The Bertz CT molecular complexity index is 1220. The van der Waals surface area contributed by atoms with Gasteiger partial charge in [0, 0.05) is 12.8 Å². The molecule has 374 valence electrons. The first kappa shape index (κ1) is 60.0. The second kappa shape index (κ2) is 37.0. The van der Waals surface area contributed by atoms with Crippen LogP contribution in [0.15, 0.2) is 0 Å². The molecular formula is C45H88O16P2. The molecule has 1 aliphatic rings. The van der Waals surface area contributed by atoms with Crippen molar-refractivity contribution in [3.05, 3.63) is 0 Å². The van der Waals surface area contributed by atoms with Gasteiger partial charge in [-0.3, -0.25) is 23.2 Å². The van der Waals surface area contributed by atoms with E-state index in [1.165, 1.54) is 128 Å². The fourth-order valence-corrected chi connectivity index (χ4v) is 9.39. The van der Waals surface area contributed by atoms with Crippen molar-refractivity contribution in [3.63, 3.8) is 0 Å². The predicted molar refractivity (Wildman–Crippen MR) is 242 cm³/mol. The van der Waals surface area contributed by atoms with E-state index in [4.69, 9.17) is 28.3 Å². The Kier molecular flexibility index (Phi) is 35.3. The molecule has 1 fully saturated rings. The first-order valence-corrected chi connectivity index (χ1v) is 27.6. The first-order valence-electron chi connectivity index (χ1n) is 24.6. The van der Waals surface area contributed by atoms with Crippen molar-refractivity contribution in [2.75, 3.05) is 13.2 Å². The van der Waals surface area contributed by atoms with E-state index in [0.717, 1.165) is 51.4 Å².